The van der Waals surface area contributed by atoms with Crippen molar-refractivity contribution in [2.45, 2.75) is 32.1 Å². The predicted octanol–water partition coefficient (Wildman–Crippen LogP) is 1.81. The van der Waals surface area contributed by atoms with Gasteiger partial charge in [0.2, 0.25) is 18.2 Å². The van der Waals surface area contributed by atoms with Crippen molar-refractivity contribution in [2.24, 2.45) is 38.1 Å². The van der Waals surface area contributed by atoms with Gasteiger partial charge in [-0.05, 0) is 55.3 Å². The number of fused-ring (bicyclic) bond motifs is 2. The number of carbonyl (C=O) groups excluding carboxylic acids is 3. The summed E-state index contributed by atoms with van der Waals surface area (Å²) >= 11 is 0. The van der Waals surface area contributed by atoms with E-state index < -0.39 is 0 Å². The molecule has 2 bridgehead atoms. The lowest BCUT2D eigenvalue weighted by atomic mass is 9.67. The van der Waals surface area contributed by atoms with Gasteiger partial charge in [0.15, 0.2) is 0 Å². The summed E-state index contributed by atoms with van der Waals surface area (Å²) in [5.74, 6) is 1.51. The van der Waals surface area contributed by atoms with E-state index in [2.05, 4.69) is 15.0 Å². The first-order valence-electron chi connectivity index (χ1n) is 7.36. The molecule has 0 aromatic heterocycles. The van der Waals surface area contributed by atoms with E-state index >= 15 is 0 Å². The summed E-state index contributed by atoms with van der Waals surface area (Å²) in [5.41, 5.74) is 0.0296. The van der Waals surface area contributed by atoms with E-state index in [1.165, 1.54) is 0 Å². The number of aliphatic imine (C=N–C) groups is 3. The fraction of sp³-hybridized carbons (Fsp3) is 0.800. The van der Waals surface area contributed by atoms with Crippen molar-refractivity contribution in [1.82, 2.24) is 0 Å². The van der Waals surface area contributed by atoms with Gasteiger partial charge < -0.3 is 0 Å². The molecule has 0 aromatic carbocycles. The minimum atomic E-state index is 0.0296. The van der Waals surface area contributed by atoms with Crippen LogP contribution in [0.2, 0.25) is 0 Å². The molecule has 0 amide bonds. The summed E-state index contributed by atoms with van der Waals surface area (Å²) in [6.45, 7) is 1.55. The zero-order valence-corrected chi connectivity index (χ0v) is 12.0. The molecule has 2 rings (SSSR count). The molecule has 0 aliphatic heterocycles. The summed E-state index contributed by atoms with van der Waals surface area (Å²) in [5, 5.41) is 0. The normalized spacial score (nSPS) is 32.9. The highest BCUT2D eigenvalue weighted by atomic mass is 16.1. The Labute approximate surface area is 123 Å². The molecule has 21 heavy (non-hydrogen) atoms. The van der Waals surface area contributed by atoms with Gasteiger partial charge in [-0.1, -0.05) is 0 Å². The zero-order chi connectivity index (χ0) is 15.1. The van der Waals surface area contributed by atoms with Crippen LogP contribution in [0.15, 0.2) is 15.0 Å². The van der Waals surface area contributed by atoms with Crippen LogP contribution >= 0.6 is 0 Å². The minimum absolute atomic E-state index is 0.0296. The van der Waals surface area contributed by atoms with Crippen LogP contribution in [-0.4, -0.2) is 37.9 Å². The third kappa shape index (κ3) is 3.43. The van der Waals surface area contributed by atoms with Gasteiger partial charge in [-0.3, -0.25) is 0 Å². The molecule has 0 heterocycles. The van der Waals surface area contributed by atoms with E-state index in [1.807, 2.05) is 0 Å². The lowest BCUT2D eigenvalue weighted by molar-refractivity contribution is 0.127. The quantitative estimate of drug-likeness (QED) is 0.388. The number of hydrogen-bond acceptors (Lipinski definition) is 6. The van der Waals surface area contributed by atoms with Gasteiger partial charge in [0.1, 0.15) is 0 Å². The summed E-state index contributed by atoms with van der Waals surface area (Å²) in [4.78, 5) is 42.0. The highest BCUT2D eigenvalue weighted by Gasteiger charge is 2.54. The van der Waals surface area contributed by atoms with E-state index in [0.717, 1.165) is 32.1 Å². The van der Waals surface area contributed by atoms with Gasteiger partial charge in [0.25, 0.3) is 0 Å². The first-order valence-corrected chi connectivity index (χ1v) is 7.36. The largest absolute Gasteiger partial charge is 0.234 e. The lowest BCUT2D eigenvalue weighted by Crippen LogP contribution is -2.34. The Hall–Kier alpha value is -1.86. The number of nitrogens with zero attached hydrogens (tertiary/aromatic N) is 3. The van der Waals surface area contributed by atoms with E-state index in [-0.39, 0.29) is 5.41 Å². The molecule has 6 heteroatoms. The molecule has 112 valence electrons. The van der Waals surface area contributed by atoms with Gasteiger partial charge in [0.05, 0.1) is 19.6 Å². The zero-order valence-electron chi connectivity index (χ0n) is 12.0. The van der Waals surface area contributed by atoms with Crippen molar-refractivity contribution in [3.8, 4) is 0 Å². The van der Waals surface area contributed by atoms with Crippen molar-refractivity contribution in [1.29, 1.82) is 0 Å². The van der Waals surface area contributed by atoms with Crippen molar-refractivity contribution in [2.75, 3.05) is 19.6 Å². The molecule has 4 atom stereocenters. The SMILES string of the molecule is O=C=NCCCC1(CN=C=O)CC2CC1CC2CN=C=O. The van der Waals surface area contributed by atoms with Crippen LogP contribution in [0.4, 0.5) is 0 Å². The summed E-state index contributed by atoms with van der Waals surface area (Å²) in [7, 11) is 0. The Morgan fingerprint density at radius 2 is 1.76 bits per heavy atom. The maximum Gasteiger partial charge on any atom is 0.234 e. The predicted molar refractivity (Wildman–Crippen MR) is 75.0 cm³/mol. The van der Waals surface area contributed by atoms with E-state index in [4.69, 9.17) is 0 Å². The molecule has 2 aliphatic carbocycles. The second kappa shape index (κ2) is 7.24. The Morgan fingerprint density at radius 3 is 2.38 bits per heavy atom. The molecule has 0 aromatic rings. The van der Waals surface area contributed by atoms with Crippen LogP contribution in [0, 0.1) is 23.2 Å². The lowest BCUT2D eigenvalue weighted by Gasteiger charge is -2.38. The molecule has 0 saturated heterocycles. The summed E-state index contributed by atoms with van der Waals surface area (Å²) in [6, 6.07) is 0. The van der Waals surface area contributed by atoms with E-state index in [9.17, 15) is 14.4 Å². The Bertz CT molecular complexity index is 516. The molecule has 0 N–H and O–H groups in total. The topological polar surface area (TPSA) is 88.3 Å². The van der Waals surface area contributed by atoms with Crippen LogP contribution in [-0.2, 0) is 14.4 Å². The first-order chi connectivity index (χ1) is 10.3. The fourth-order valence-corrected chi connectivity index (χ4v) is 4.35. The highest BCUT2D eigenvalue weighted by Crippen LogP contribution is 2.60. The van der Waals surface area contributed by atoms with Crippen molar-refractivity contribution >= 4 is 18.2 Å². The molecule has 0 radical (unpaired) electrons. The third-order valence-electron chi connectivity index (χ3n) is 5.23. The molecular formula is C15H19N3O3. The second-order valence-corrected chi connectivity index (χ2v) is 6.17. The maximum absolute atomic E-state index is 10.5. The first kappa shape index (κ1) is 15.5. The third-order valence-corrected chi connectivity index (χ3v) is 5.23. The van der Waals surface area contributed by atoms with Crippen LogP contribution in [0.3, 0.4) is 0 Å². The molecule has 4 unspecified atom stereocenters. The van der Waals surface area contributed by atoms with Crippen molar-refractivity contribution in [3.63, 3.8) is 0 Å². The number of isocyanates is 3. The van der Waals surface area contributed by atoms with Crippen molar-refractivity contribution < 1.29 is 14.4 Å². The molecular weight excluding hydrogens is 270 g/mol. The van der Waals surface area contributed by atoms with Crippen molar-refractivity contribution in [3.05, 3.63) is 0 Å². The molecule has 2 fully saturated rings. The van der Waals surface area contributed by atoms with Crippen LogP contribution < -0.4 is 0 Å². The van der Waals surface area contributed by atoms with Gasteiger partial charge in [-0.25, -0.2) is 29.4 Å². The standard InChI is InChI=1S/C15H19N3O3/c19-9-16-3-1-2-15(8-18-11-21)6-12-4-14(15)5-13(12)7-17-10-20/h12-14H,1-8H2. The molecule has 0 spiro atoms. The molecule has 2 aliphatic rings. The molecule has 2 saturated carbocycles. The minimum Gasteiger partial charge on any atom is -0.211 e. The van der Waals surface area contributed by atoms with Gasteiger partial charge >= 0.3 is 0 Å². The Balaban J connectivity index is 2.01. The number of hydrogen-bond donors (Lipinski definition) is 0. The van der Waals surface area contributed by atoms with Crippen LogP contribution in [0.5, 0.6) is 0 Å². The fourth-order valence-electron chi connectivity index (χ4n) is 4.35. The van der Waals surface area contributed by atoms with E-state index in [1.54, 1.807) is 18.2 Å². The molecule has 6 nitrogen and oxygen atoms in total. The average molecular weight is 289 g/mol. The monoisotopic (exact) mass is 289 g/mol. The van der Waals surface area contributed by atoms with Gasteiger partial charge in [-0.15, -0.1) is 0 Å². The Morgan fingerprint density at radius 1 is 1.00 bits per heavy atom. The highest BCUT2D eigenvalue weighted by molar-refractivity contribution is 5.34. The Kier molecular flexibility index (Phi) is 5.35. The summed E-state index contributed by atoms with van der Waals surface area (Å²) in [6.07, 6.45) is 9.68. The average Bonchev–Trinajstić information content (AvgIpc) is 3.05. The van der Waals surface area contributed by atoms with Crippen LogP contribution in [0.25, 0.3) is 0 Å². The van der Waals surface area contributed by atoms with Gasteiger partial charge in [-0.2, -0.15) is 0 Å². The van der Waals surface area contributed by atoms with Gasteiger partial charge in [0, 0.05) is 0 Å². The number of rotatable bonds is 8. The maximum atomic E-state index is 10.5. The van der Waals surface area contributed by atoms with E-state index in [0.29, 0.717) is 37.4 Å². The smallest absolute Gasteiger partial charge is 0.211 e. The van der Waals surface area contributed by atoms with Crippen LogP contribution in [0.1, 0.15) is 32.1 Å². The second-order valence-electron chi connectivity index (χ2n) is 6.17. The summed E-state index contributed by atoms with van der Waals surface area (Å²) < 4.78 is 0.